The summed E-state index contributed by atoms with van der Waals surface area (Å²) in [7, 11) is 0. The lowest BCUT2D eigenvalue weighted by atomic mass is 9.44. The van der Waals surface area contributed by atoms with Crippen LogP contribution < -0.4 is 4.84 Å². The highest BCUT2D eigenvalue weighted by Gasteiger charge is 2.79. The molecule has 1 aromatic carbocycles. The third kappa shape index (κ3) is 3.47. The molecule has 2 N–H and O–H groups in total. The smallest absolute Gasteiger partial charge is 0.193 e. The zero-order valence-electron chi connectivity index (χ0n) is 23.2. The molecule has 210 valence electrons. The van der Waals surface area contributed by atoms with E-state index in [9.17, 15) is 15.0 Å². The van der Waals surface area contributed by atoms with Gasteiger partial charge >= 0.3 is 0 Å². The first-order valence-corrected chi connectivity index (χ1v) is 13.9. The quantitative estimate of drug-likeness (QED) is 0.543. The number of nitrogens with zero attached hydrogens (tertiary/aromatic N) is 1. The van der Waals surface area contributed by atoms with E-state index < -0.39 is 58.4 Å². The molecular weight excluding hydrogens is 501 g/mol. The highest BCUT2D eigenvalue weighted by atomic mass is 19.1. The molecule has 3 saturated carbocycles. The maximum absolute atomic E-state index is 17.7. The molecule has 8 atom stereocenters. The molecule has 0 radical (unpaired) electrons. The largest absolute Gasteiger partial charge is 0.390 e. The first-order valence-electron chi connectivity index (χ1n) is 13.9. The summed E-state index contributed by atoms with van der Waals surface area (Å²) in [6.45, 7) is 8.57. The first kappa shape index (κ1) is 26.8. The van der Waals surface area contributed by atoms with E-state index in [0.717, 1.165) is 11.1 Å². The van der Waals surface area contributed by atoms with E-state index in [1.807, 2.05) is 57.2 Å². The molecule has 1 heterocycles. The maximum atomic E-state index is 17.7. The van der Waals surface area contributed by atoms with E-state index in [0.29, 0.717) is 30.7 Å². The molecular formula is C31H38FNO6. The Labute approximate surface area is 228 Å². The summed E-state index contributed by atoms with van der Waals surface area (Å²) in [6, 6.07) is 7.58. The molecule has 39 heavy (non-hydrogen) atoms. The lowest BCUT2D eigenvalue weighted by Crippen LogP contribution is -2.70. The van der Waals surface area contributed by atoms with Crippen molar-refractivity contribution < 1.29 is 33.7 Å². The average Bonchev–Trinajstić information content (AvgIpc) is 3.29. The Balaban J connectivity index is 1.34. The number of allylic oxidation sites excluding steroid dienone is 4. The Bertz CT molecular complexity index is 1290. The molecule has 5 aliphatic rings. The van der Waals surface area contributed by atoms with Gasteiger partial charge in [0.25, 0.3) is 0 Å². The maximum Gasteiger partial charge on any atom is 0.193 e. The fourth-order valence-corrected chi connectivity index (χ4v) is 8.70. The minimum atomic E-state index is -1.96. The number of aryl methyl sites for hydroxylation is 1. The summed E-state index contributed by atoms with van der Waals surface area (Å²) in [4.78, 5) is 19.0. The van der Waals surface area contributed by atoms with Gasteiger partial charge in [0.1, 0.15) is 12.3 Å². The van der Waals surface area contributed by atoms with Gasteiger partial charge in [-0.25, -0.2) is 4.39 Å². The summed E-state index contributed by atoms with van der Waals surface area (Å²) in [5, 5.41) is 25.9. The van der Waals surface area contributed by atoms with Crippen LogP contribution in [0.15, 0.2) is 53.2 Å². The fourth-order valence-electron chi connectivity index (χ4n) is 8.70. The number of ether oxygens (including phenoxy) is 2. The molecule has 4 fully saturated rings. The van der Waals surface area contributed by atoms with Gasteiger partial charge in [0, 0.05) is 16.7 Å². The Morgan fingerprint density at radius 1 is 1.18 bits per heavy atom. The van der Waals surface area contributed by atoms with Gasteiger partial charge < -0.3 is 24.5 Å². The second-order valence-electron chi connectivity index (χ2n) is 12.9. The van der Waals surface area contributed by atoms with Crippen molar-refractivity contribution in [2.45, 2.75) is 89.6 Å². The Hall–Kier alpha value is -2.39. The number of rotatable bonds is 4. The number of oxime groups is 1. The van der Waals surface area contributed by atoms with Crippen molar-refractivity contribution in [1.82, 2.24) is 0 Å². The third-order valence-corrected chi connectivity index (χ3v) is 10.5. The van der Waals surface area contributed by atoms with Crippen LogP contribution in [0.25, 0.3) is 0 Å². The van der Waals surface area contributed by atoms with E-state index in [1.165, 1.54) is 0 Å². The summed E-state index contributed by atoms with van der Waals surface area (Å²) >= 11 is 0. The number of carbonyl (C=O) groups is 1. The van der Waals surface area contributed by atoms with Crippen molar-refractivity contribution in [3.63, 3.8) is 0 Å². The zero-order valence-corrected chi connectivity index (χ0v) is 23.2. The molecule has 0 spiro atoms. The number of hydrogen-bond acceptors (Lipinski definition) is 7. The minimum absolute atomic E-state index is 0.0283. The van der Waals surface area contributed by atoms with Gasteiger partial charge in [-0.1, -0.05) is 41.4 Å². The predicted molar refractivity (Wildman–Crippen MR) is 143 cm³/mol. The van der Waals surface area contributed by atoms with Gasteiger partial charge in [0.15, 0.2) is 28.6 Å². The fraction of sp³-hybridized carbons (Fsp3) is 0.613. The van der Waals surface area contributed by atoms with Crippen LogP contribution in [-0.2, 0) is 14.3 Å². The van der Waals surface area contributed by atoms with Crippen molar-refractivity contribution in [1.29, 1.82) is 0 Å². The normalized spacial score (nSPS) is 44.7. The highest BCUT2D eigenvalue weighted by molar-refractivity contribution is 6.05. The van der Waals surface area contributed by atoms with Gasteiger partial charge in [-0.3, -0.25) is 4.79 Å². The molecule has 0 bridgehead atoms. The molecule has 1 aromatic rings. The molecule has 4 aliphatic carbocycles. The molecule has 0 aromatic heterocycles. The molecule has 0 amide bonds. The van der Waals surface area contributed by atoms with Crippen LogP contribution >= 0.6 is 0 Å². The highest BCUT2D eigenvalue weighted by Crippen LogP contribution is 2.72. The van der Waals surface area contributed by atoms with Crippen molar-refractivity contribution in [2.24, 2.45) is 27.8 Å². The molecule has 1 saturated heterocycles. The number of halogens is 1. The van der Waals surface area contributed by atoms with Crippen molar-refractivity contribution >= 4 is 11.5 Å². The van der Waals surface area contributed by atoms with Crippen LogP contribution in [0.1, 0.15) is 58.9 Å². The number of aliphatic hydroxyl groups is 2. The van der Waals surface area contributed by atoms with Gasteiger partial charge in [0.05, 0.1) is 12.2 Å². The molecule has 7 nitrogen and oxygen atoms in total. The number of carbonyl (C=O) groups excluding carboxylic acids is 1. The van der Waals surface area contributed by atoms with Crippen molar-refractivity contribution in [3.8, 4) is 5.75 Å². The number of ketones is 1. The van der Waals surface area contributed by atoms with Crippen LogP contribution in [-0.4, -0.2) is 57.6 Å². The van der Waals surface area contributed by atoms with Crippen LogP contribution in [0.3, 0.4) is 0 Å². The molecule has 1 aliphatic heterocycles. The molecule has 8 heteroatoms. The zero-order chi connectivity index (χ0) is 28.0. The number of hydrogen-bond donors (Lipinski definition) is 2. The summed E-state index contributed by atoms with van der Waals surface area (Å²) in [6.07, 6.45) is 5.09. The topological polar surface area (TPSA) is 97.6 Å². The minimum Gasteiger partial charge on any atom is -0.390 e. The van der Waals surface area contributed by atoms with Gasteiger partial charge in [-0.2, -0.15) is 0 Å². The summed E-state index contributed by atoms with van der Waals surface area (Å²) < 4.78 is 30.2. The lowest BCUT2D eigenvalue weighted by Gasteiger charge is -2.62. The second kappa shape index (κ2) is 8.56. The summed E-state index contributed by atoms with van der Waals surface area (Å²) in [5.74, 6) is -1.66. The van der Waals surface area contributed by atoms with Crippen LogP contribution in [0.2, 0.25) is 0 Å². The van der Waals surface area contributed by atoms with Crippen LogP contribution in [0, 0.1) is 29.6 Å². The van der Waals surface area contributed by atoms with Gasteiger partial charge in [-0.15, -0.1) is 0 Å². The number of aliphatic hydroxyl groups excluding tert-OH is 2. The van der Waals surface area contributed by atoms with Crippen LogP contribution in [0.5, 0.6) is 5.75 Å². The third-order valence-electron chi connectivity index (χ3n) is 10.5. The molecule has 6 rings (SSSR count). The monoisotopic (exact) mass is 539 g/mol. The van der Waals surface area contributed by atoms with Gasteiger partial charge in [0.2, 0.25) is 0 Å². The van der Waals surface area contributed by atoms with Crippen molar-refractivity contribution in [2.75, 3.05) is 6.61 Å². The van der Waals surface area contributed by atoms with Crippen molar-refractivity contribution in [3.05, 3.63) is 53.6 Å². The number of benzene rings is 1. The van der Waals surface area contributed by atoms with Crippen LogP contribution in [0.4, 0.5) is 4.39 Å². The Morgan fingerprint density at radius 3 is 2.59 bits per heavy atom. The second-order valence-corrected chi connectivity index (χ2v) is 12.9. The lowest BCUT2D eigenvalue weighted by molar-refractivity contribution is -0.246. The number of fused-ring (bicyclic) bond motifs is 7. The van der Waals surface area contributed by atoms with E-state index in [-0.39, 0.29) is 12.3 Å². The number of Topliss-reactive ketones (excluding diaryl/α,β-unsaturated/α-hetero) is 1. The molecule has 0 unspecified atom stereocenters. The average molecular weight is 540 g/mol. The van der Waals surface area contributed by atoms with E-state index in [1.54, 1.807) is 19.9 Å². The predicted octanol–water partition coefficient (Wildman–Crippen LogP) is 4.59. The first-order chi connectivity index (χ1) is 18.3. The van der Waals surface area contributed by atoms with E-state index in [2.05, 4.69) is 5.16 Å². The van der Waals surface area contributed by atoms with Gasteiger partial charge in [-0.05, 0) is 83.6 Å². The SMILES string of the molecule is Cc1ccc(O/N=C2/C=C[C@@]3(C)C(=C2)CC[C@H]2[C@@H]4C[C@H]5OC(C)(C)O[C@@]5(C(=O)CO)[C@@]4(C)C[C@H](O)[C@@]23F)cc1. The summed E-state index contributed by atoms with van der Waals surface area (Å²) in [5.41, 5.74) is -2.75. The Morgan fingerprint density at radius 2 is 1.90 bits per heavy atom. The Kier molecular flexibility index (Phi) is 5.88. The number of alkyl halides is 1. The van der Waals surface area contributed by atoms with E-state index in [4.69, 9.17) is 14.3 Å². The van der Waals surface area contributed by atoms with E-state index >= 15 is 4.39 Å². The standard InChI is InChI=1S/C31H38FNO6/c1-18-6-9-21(10-7-18)38-33-20-12-13-28(4)19(14-20)8-11-22-23-15-26-31(25(36)17-34,39-27(2,3)37-26)29(23,5)16-24(35)30(22,28)32/h6-7,9-10,12-14,22-24,26,34-35H,8,11,15-17H2,1-5H3/b33-20-/t22-,23-,24-,26+,28-,29-,30-,31+/m0/s1.